The Labute approximate surface area is 99.1 Å². The quantitative estimate of drug-likeness (QED) is 0.833. The van der Waals surface area contributed by atoms with Crippen molar-refractivity contribution >= 4 is 23.2 Å². The Bertz CT molecular complexity index is 534. The van der Waals surface area contributed by atoms with Crippen LogP contribution in [-0.2, 0) is 6.54 Å². The van der Waals surface area contributed by atoms with Crippen LogP contribution in [0, 0.1) is 0 Å². The monoisotopic (exact) mass is 253 g/mol. The first-order chi connectivity index (χ1) is 8.16. The number of rotatable bonds is 4. The molecule has 2 rings (SSSR count). The first-order valence-electron chi connectivity index (χ1n) is 4.52. The molecule has 1 amide bonds. The minimum absolute atomic E-state index is 0.0716. The molecular formula is C9H7N3O4S. The second-order valence-electron chi connectivity index (χ2n) is 3.04. The van der Waals surface area contributed by atoms with Crippen molar-refractivity contribution in [2.24, 2.45) is 0 Å². The molecule has 7 nitrogen and oxygen atoms in total. The van der Waals surface area contributed by atoms with Crippen molar-refractivity contribution in [1.82, 2.24) is 15.5 Å². The molecule has 0 aromatic carbocycles. The molecule has 0 aliphatic carbocycles. The Balaban J connectivity index is 1.97. The van der Waals surface area contributed by atoms with Crippen LogP contribution in [0.25, 0.3) is 0 Å². The third-order valence-electron chi connectivity index (χ3n) is 1.87. The molecule has 0 spiro atoms. The topological polar surface area (TPSA) is 105 Å². The number of carbonyl (C=O) groups is 2. The smallest absolute Gasteiger partial charge is 0.374 e. The number of aromatic nitrogens is 2. The number of hydrogen-bond acceptors (Lipinski definition) is 6. The van der Waals surface area contributed by atoms with Gasteiger partial charge in [-0.1, -0.05) is 5.16 Å². The summed E-state index contributed by atoms with van der Waals surface area (Å²) < 4.78 is 4.46. The van der Waals surface area contributed by atoms with Gasteiger partial charge in [-0.3, -0.25) is 4.79 Å². The highest BCUT2D eigenvalue weighted by Crippen LogP contribution is 2.04. The molecule has 2 aromatic heterocycles. The van der Waals surface area contributed by atoms with Gasteiger partial charge in [-0.2, -0.15) is 0 Å². The molecule has 0 fully saturated rings. The van der Waals surface area contributed by atoms with Crippen LogP contribution in [0.2, 0.25) is 0 Å². The number of carboxylic acids is 1. The first-order valence-corrected chi connectivity index (χ1v) is 5.46. The van der Waals surface area contributed by atoms with Crippen LogP contribution in [0.15, 0.2) is 21.5 Å². The van der Waals surface area contributed by atoms with Gasteiger partial charge in [0.15, 0.2) is 5.69 Å². The normalized spacial score (nSPS) is 10.1. The molecule has 0 aliphatic heterocycles. The fraction of sp³-hybridized carbons (Fsp3) is 0.111. The molecule has 0 radical (unpaired) electrons. The molecule has 0 saturated heterocycles. The molecule has 0 saturated carbocycles. The molecule has 0 aliphatic rings. The lowest BCUT2D eigenvalue weighted by Crippen LogP contribution is -2.23. The maximum Gasteiger partial charge on any atom is 0.374 e. The number of amides is 1. The average Bonchev–Trinajstić information content (AvgIpc) is 2.96. The van der Waals surface area contributed by atoms with Crippen LogP contribution < -0.4 is 5.32 Å². The highest BCUT2D eigenvalue weighted by molar-refractivity contribution is 7.07. The molecular weight excluding hydrogens is 246 g/mol. The van der Waals surface area contributed by atoms with Gasteiger partial charge in [-0.25, -0.2) is 9.78 Å². The predicted octanol–water partition coefficient (Wildman–Crippen LogP) is 0.759. The summed E-state index contributed by atoms with van der Waals surface area (Å²) in [7, 11) is 0. The van der Waals surface area contributed by atoms with E-state index in [2.05, 4.69) is 20.0 Å². The zero-order chi connectivity index (χ0) is 12.3. The number of carbonyl (C=O) groups excluding carboxylic acids is 1. The van der Waals surface area contributed by atoms with Gasteiger partial charge in [0.2, 0.25) is 5.76 Å². The van der Waals surface area contributed by atoms with Crippen molar-refractivity contribution in [3.8, 4) is 0 Å². The van der Waals surface area contributed by atoms with Crippen molar-refractivity contribution in [1.29, 1.82) is 0 Å². The largest absolute Gasteiger partial charge is 0.475 e. The molecule has 2 N–H and O–H groups in total. The fourth-order valence-electron chi connectivity index (χ4n) is 1.07. The Morgan fingerprint density at radius 3 is 2.94 bits per heavy atom. The molecule has 88 valence electrons. The lowest BCUT2D eigenvalue weighted by molar-refractivity contribution is 0.0651. The number of nitrogens with zero attached hydrogens (tertiary/aromatic N) is 2. The molecule has 2 heterocycles. The summed E-state index contributed by atoms with van der Waals surface area (Å²) in [6.07, 6.45) is 0. The third-order valence-corrected chi connectivity index (χ3v) is 2.50. The van der Waals surface area contributed by atoms with E-state index >= 15 is 0 Å². The Morgan fingerprint density at radius 2 is 2.35 bits per heavy atom. The number of nitrogens with one attached hydrogen (secondary N) is 1. The second-order valence-corrected chi connectivity index (χ2v) is 3.76. The molecule has 8 heteroatoms. The predicted molar refractivity (Wildman–Crippen MR) is 56.7 cm³/mol. The van der Waals surface area contributed by atoms with Gasteiger partial charge in [-0.15, -0.1) is 11.3 Å². The zero-order valence-corrected chi connectivity index (χ0v) is 9.23. The molecule has 0 unspecified atom stereocenters. The number of thiazole rings is 1. The van der Waals surface area contributed by atoms with Crippen LogP contribution in [0.1, 0.15) is 26.7 Å². The Morgan fingerprint density at radius 1 is 1.53 bits per heavy atom. The van der Waals surface area contributed by atoms with Crippen LogP contribution >= 0.6 is 11.3 Å². The van der Waals surface area contributed by atoms with Crippen LogP contribution in [0.5, 0.6) is 0 Å². The minimum Gasteiger partial charge on any atom is -0.475 e. The van der Waals surface area contributed by atoms with E-state index in [0.29, 0.717) is 0 Å². The van der Waals surface area contributed by atoms with E-state index < -0.39 is 11.9 Å². The van der Waals surface area contributed by atoms with Gasteiger partial charge in [0.1, 0.15) is 0 Å². The minimum atomic E-state index is -1.27. The van der Waals surface area contributed by atoms with Crippen molar-refractivity contribution in [3.63, 3.8) is 0 Å². The van der Waals surface area contributed by atoms with Crippen molar-refractivity contribution in [3.05, 3.63) is 34.1 Å². The van der Waals surface area contributed by atoms with Crippen molar-refractivity contribution in [2.75, 3.05) is 0 Å². The second kappa shape index (κ2) is 4.74. The maximum absolute atomic E-state index is 11.5. The van der Waals surface area contributed by atoms with E-state index in [0.717, 1.165) is 11.8 Å². The molecule has 0 bridgehead atoms. The van der Waals surface area contributed by atoms with E-state index in [1.54, 1.807) is 10.9 Å². The van der Waals surface area contributed by atoms with Gasteiger partial charge >= 0.3 is 5.97 Å². The van der Waals surface area contributed by atoms with E-state index in [-0.39, 0.29) is 18.0 Å². The van der Waals surface area contributed by atoms with E-state index in [1.165, 1.54) is 11.3 Å². The summed E-state index contributed by atoms with van der Waals surface area (Å²) in [4.78, 5) is 26.0. The van der Waals surface area contributed by atoms with Crippen molar-refractivity contribution in [2.45, 2.75) is 6.54 Å². The first kappa shape index (κ1) is 11.3. The maximum atomic E-state index is 11.5. The van der Waals surface area contributed by atoms with Crippen LogP contribution in [0.3, 0.4) is 0 Å². The number of hydrogen-bond donors (Lipinski definition) is 2. The molecule has 17 heavy (non-hydrogen) atoms. The van der Waals surface area contributed by atoms with E-state index in [9.17, 15) is 9.59 Å². The zero-order valence-electron chi connectivity index (χ0n) is 8.41. The Kier molecular flexibility index (Phi) is 3.15. The number of carboxylic acid groups (broad SMARTS) is 1. The highest BCUT2D eigenvalue weighted by Gasteiger charge is 2.16. The molecule has 0 atom stereocenters. The summed E-state index contributed by atoms with van der Waals surface area (Å²) in [5, 5.41) is 16.3. The Hall–Kier alpha value is -2.22. The summed E-state index contributed by atoms with van der Waals surface area (Å²) in [6, 6.07) is 1.07. The number of aromatic carboxylic acids is 1. The lowest BCUT2D eigenvalue weighted by atomic mass is 10.3. The van der Waals surface area contributed by atoms with Crippen LogP contribution in [0.4, 0.5) is 0 Å². The van der Waals surface area contributed by atoms with Gasteiger partial charge in [0.25, 0.3) is 5.91 Å². The summed E-state index contributed by atoms with van der Waals surface area (Å²) >= 11 is 1.42. The SMILES string of the molecule is O=C(NCc1cscn1)c1cc(C(=O)O)on1. The lowest BCUT2D eigenvalue weighted by Gasteiger charge is -1.98. The van der Waals surface area contributed by atoms with Crippen molar-refractivity contribution < 1.29 is 19.2 Å². The van der Waals surface area contributed by atoms with Gasteiger partial charge in [0, 0.05) is 11.4 Å². The van der Waals surface area contributed by atoms with Gasteiger partial charge in [0.05, 0.1) is 17.7 Å². The van der Waals surface area contributed by atoms with E-state index in [1.807, 2.05) is 0 Å². The summed E-state index contributed by atoms with van der Waals surface area (Å²) in [5.41, 5.74) is 2.31. The third kappa shape index (κ3) is 2.67. The van der Waals surface area contributed by atoms with Gasteiger partial charge in [-0.05, 0) is 0 Å². The van der Waals surface area contributed by atoms with E-state index in [4.69, 9.17) is 5.11 Å². The summed E-state index contributed by atoms with van der Waals surface area (Å²) in [5.74, 6) is -2.14. The standard InChI is InChI=1S/C9H7N3O4S/c13-8(10-2-5-3-17-4-11-5)6-1-7(9(14)15)16-12-6/h1,3-4H,2H2,(H,10,13)(H,14,15). The molecule has 2 aromatic rings. The highest BCUT2D eigenvalue weighted by atomic mass is 32.1. The average molecular weight is 253 g/mol. The fourth-order valence-corrected chi connectivity index (χ4v) is 1.63. The van der Waals surface area contributed by atoms with Gasteiger partial charge < -0.3 is 14.9 Å². The van der Waals surface area contributed by atoms with Crippen LogP contribution in [-0.4, -0.2) is 27.1 Å². The summed E-state index contributed by atoms with van der Waals surface area (Å²) in [6.45, 7) is 0.262.